The molecule has 0 aromatic heterocycles. The highest BCUT2D eigenvalue weighted by atomic mass is 32.2. The first-order valence-electron chi connectivity index (χ1n) is 6.02. The van der Waals surface area contributed by atoms with E-state index in [0.29, 0.717) is 6.04 Å². The lowest BCUT2D eigenvalue weighted by atomic mass is 9.75. The van der Waals surface area contributed by atoms with Crippen molar-refractivity contribution in [1.29, 1.82) is 0 Å². The van der Waals surface area contributed by atoms with Crippen LogP contribution in [0.1, 0.15) is 45.4 Å². The van der Waals surface area contributed by atoms with Gasteiger partial charge in [0.25, 0.3) is 0 Å². The molecular weight excluding hydrogens is 190 g/mol. The van der Waals surface area contributed by atoms with E-state index >= 15 is 0 Å². The quantitative estimate of drug-likeness (QED) is 0.761. The van der Waals surface area contributed by atoms with Crippen LogP contribution >= 0.6 is 11.8 Å². The minimum atomic E-state index is 0.496. The molecule has 0 aliphatic heterocycles. The molecule has 0 amide bonds. The molecule has 1 aliphatic carbocycles. The predicted molar refractivity (Wildman–Crippen MR) is 66.7 cm³/mol. The fraction of sp³-hybridized carbons (Fsp3) is 1.00. The molecule has 2 heteroatoms. The highest BCUT2D eigenvalue weighted by Gasteiger charge is 2.26. The van der Waals surface area contributed by atoms with Gasteiger partial charge in [0.15, 0.2) is 0 Å². The molecule has 3 unspecified atom stereocenters. The molecule has 0 bridgehead atoms. The highest BCUT2D eigenvalue weighted by Crippen LogP contribution is 2.33. The minimum Gasteiger partial charge on any atom is -0.327 e. The van der Waals surface area contributed by atoms with Gasteiger partial charge in [0, 0.05) is 6.04 Å². The summed E-state index contributed by atoms with van der Waals surface area (Å²) in [5.74, 6) is 3.08. The van der Waals surface area contributed by atoms with E-state index in [0.717, 1.165) is 11.8 Å². The van der Waals surface area contributed by atoms with Crippen molar-refractivity contribution in [2.24, 2.45) is 17.6 Å². The molecule has 1 fully saturated rings. The maximum atomic E-state index is 6.17. The van der Waals surface area contributed by atoms with Crippen LogP contribution in [0.25, 0.3) is 0 Å². The van der Waals surface area contributed by atoms with Crippen LogP contribution in [0.5, 0.6) is 0 Å². The number of hydrogen-bond donors (Lipinski definition) is 1. The van der Waals surface area contributed by atoms with Crippen molar-refractivity contribution in [3.8, 4) is 0 Å². The SMILES string of the molecule is CCCC1CCC(N)C(CCSC)C1. The van der Waals surface area contributed by atoms with E-state index < -0.39 is 0 Å². The summed E-state index contributed by atoms with van der Waals surface area (Å²) < 4.78 is 0. The highest BCUT2D eigenvalue weighted by molar-refractivity contribution is 7.98. The van der Waals surface area contributed by atoms with E-state index in [4.69, 9.17) is 5.73 Å². The van der Waals surface area contributed by atoms with Crippen molar-refractivity contribution in [3.05, 3.63) is 0 Å². The number of nitrogens with two attached hydrogens (primary N) is 1. The zero-order valence-electron chi connectivity index (χ0n) is 9.67. The van der Waals surface area contributed by atoms with Crippen molar-refractivity contribution >= 4 is 11.8 Å². The Morgan fingerprint density at radius 1 is 1.29 bits per heavy atom. The van der Waals surface area contributed by atoms with Gasteiger partial charge in [0.1, 0.15) is 0 Å². The smallest absolute Gasteiger partial charge is 0.00676 e. The zero-order chi connectivity index (χ0) is 10.4. The molecule has 0 heterocycles. The Labute approximate surface area is 93.2 Å². The van der Waals surface area contributed by atoms with Gasteiger partial charge in [0.05, 0.1) is 0 Å². The summed E-state index contributed by atoms with van der Waals surface area (Å²) >= 11 is 1.96. The fourth-order valence-electron chi connectivity index (χ4n) is 2.66. The van der Waals surface area contributed by atoms with Crippen LogP contribution in [0, 0.1) is 11.8 Å². The predicted octanol–water partition coefficient (Wildman–Crippen LogP) is 3.28. The number of hydrogen-bond acceptors (Lipinski definition) is 2. The first kappa shape index (κ1) is 12.4. The molecule has 14 heavy (non-hydrogen) atoms. The van der Waals surface area contributed by atoms with Crippen LogP contribution in [0.2, 0.25) is 0 Å². The van der Waals surface area contributed by atoms with Crippen LogP contribution in [0.15, 0.2) is 0 Å². The Morgan fingerprint density at radius 2 is 2.07 bits per heavy atom. The summed E-state index contributed by atoms with van der Waals surface area (Å²) in [7, 11) is 0. The zero-order valence-corrected chi connectivity index (χ0v) is 10.5. The molecule has 1 nitrogen and oxygen atoms in total. The molecule has 0 saturated heterocycles. The maximum absolute atomic E-state index is 6.17. The lowest BCUT2D eigenvalue weighted by Gasteiger charge is -2.34. The summed E-state index contributed by atoms with van der Waals surface area (Å²) in [4.78, 5) is 0. The summed E-state index contributed by atoms with van der Waals surface area (Å²) in [6.07, 6.45) is 10.3. The second-order valence-corrected chi connectivity index (χ2v) is 5.66. The van der Waals surface area contributed by atoms with Gasteiger partial charge in [-0.25, -0.2) is 0 Å². The van der Waals surface area contributed by atoms with Crippen molar-refractivity contribution in [2.75, 3.05) is 12.0 Å². The lowest BCUT2D eigenvalue weighted by molar-refractivity contribution is 0.218. The van der Waals surface area contributed by atoms with E-state index in [1.165, 1.54) is 44.3 Å². The third-order valence-electron chi connectivity index (χ3n) is 3.54. The number of thioether (sulfide) groups is 1. The molecule has 1 saturated carbocycles. The van der Waals surface area contributed by atoms with Crippen molar-refractivity contribution in [2.45, 2.75) is 51.5 Å². The van der Waals surface area contributed by atoms with Gasteiger partial charge in [-0.1, -0.05) is 19.8 Å². The first-order chi connectivity index (χ1) is 6.77. The second kappa shape index (κ2) is 6.73. The molecule has 1 aliphatic rings. The lowest BCUT2D eigenvalue weighted by Crippen LogP contribution is -2.36. The van der Waals surface area contributed by atoms with E-state index in [1.54, 1.807) is 0 Å². The molecule has 2 N–H and O–H groups in total. The van der Waals surface area contributed by atoms with E-state index in [-0.39, 0.29) is 0 Å². The Morgan fingerprint density at radius 3 is 2.71 bits per heavy atom. The normalized spacial score (nSPS) is 33.2. The molecule has 0 spiro atoms. The van der Waals surface area contributed by atoms with Crippen LogP contribution < -0.4 is 5.73 Å². The van der Waals surface area contributed by atoms with Gasteiger partial charge < -0.3 is 5.73 Å². The van der Waals surface area contributed by atoms with E-state index in [9.17, 15) is 0 Å². The number of rotatable bonds is 5. The van der Waals surface area contributed by atoms with Crippen LogP contribution in [-0.4, -0.2) is 18.1 Å². The average Bonchev–Trinajstić information content (AvgIpc) is 2.19. The van der Waals surface area contributed by atoms with Crippen LogP contribution in [0.4, 0.5) is 0 Å². The third-order valence-corrected chi connectivity index (χ3v) is 4.18. The topological polar surface area (TPSA) is 26.0 Å². The molecule has 1 rings (SSSR count). The van der Waals surface area contributed by atoms with E-state index in [2.05, 4.69) is 13.2 Å². The molecule has 0 radical (unpaired) electrons. The van der Waals surface area contributed by atoms with Gasteiger partial charge in [-0.15, -0.1) is 0 Å². The Bertz CT molecular complexity index is 149. The van der Waals surface area contributed by atoms with Crippen molar-refractivity contribution < 1.29 is 0 Å². The van der Waals surface area contributed by atoms with Crippen molar-refractivity contribution in [3.63, 3.8) is 0 Å². The summed E-state index contributed by atoms with van der Waals surface area (Å²) in [5, 5.41) is 0. The summed E-state index contributed by atoms with van der Waals surface area (Å²) in [6.45, 7) is 2.30. The average molecular weight is 215 g/mol. The molecular formula is C12H25NS. The molecule has 0 aromatic carbocycles. The van der Waals surface area contributed by atoms with Gasteiger partial charge in [-0.2, -0.15) is 11.8 Å². The monoisotopic (exact) mass is 215 g/mol. The van der Waals surface area contributed by atoms with Crippen LogP contribution in [-0.2, 0) is 0 Å². The standard InChI is InChI=1S/C12H25NS/c1-3-4-10-5-6-12(13)11(9-10)7-8-14-2/h10-12H,3-9,13H2,1-2H3. The van der Waals surface area contributed by atoms with E-state index in [1.807, 2.05) is 11.8 Å². The van der Waals surface area contributed by atoms with Crippen molar-refractivity contribution in [1.82, 2.24) is 0 Å². The largest absolute Gasteiger partial charge is 0.327 e. The molecule has 3 atom stereocenters. The van der Waals surface area contributed by atoms with Gasteiger partial charge in [-0.3, -0.25) is 0 Å². The van der Waals surface area contributed by atoms with Gasteiger partial charge in [-0.05, 0) is 49.5 Å². The summed E-state index contributed by atoms with van der Waals surface area (Å²) in [6, 6.07) is 0.496. The Kier molecular flexibility index (Phi) is 5.95. The minimum absolute atomic E-state index is 0.496. The van der Waals surface area contributed by atoms with Gasteiger partial charge in [0.2, 0.25) is 0 Å². The maximum Gasteiger partial charge on any atom is 0.00676 e. The Hall–Kier alpha value is 0.310. The molecule has 84 valence electrons. The summed E-state index contributed by atoms with van der Waals surface area (Å²) in [5.41, 5.74) is 6.17. The molecule has 0 aromatic rings. The Balaban J connectivity index is 2.30. The van der Waals surface area contributed by atoms with Crippen LogP contribution in [0.3, 0.4) is 0 Å². The fourth-order valence-corrected chi connectivity index (χ4v) is 3.19. The van der Waals surface area contributed by atoms with Gasteiger partial charge >= 0.3 is 0 Å². The first-order valence-corrected chi connectivity index (χ1v) is 7.41. The second-order valence-electron chi connectivity index (χ2n) is 4.67. The third kappa shape index (κ3) is 3.82.